The minimum Gasteiger partial charge on any atom is -0.492 e. The average molecular weight is 433 g/mol. The second-order valence-electron chi connectivity index (χ2n) is 7.94. The molecular formula is C22H25FN2O4S. The minimum absolute atomic E-state index is 0.0426. The lowest BCUT2D eigenvalue weighted by Crippen LogP contribution is -2.39. The number of amides is 1. The Morgan fingerprint density at radius 1 is 1.13 bits per heavy atom. The van der Waals surface area contributed by atoms with E-state index in [-0.39, 0.29) is 29.5 Å². The fourth-order valence-corrected chi connectivity index (χ4v) is 5.61. The van der Waals surface area contributed by atoms with Crippen molar-refractivity contribution >= 4 is 15.9 Å². The second kappa shape index (κ2) is 8.00. The predicted molar refractivity (Wildman–Crippen MR) is 110 cm³/mol. The number of nitrogens with zero attached hydrogens (tertiary/aromatic N) is 2. The zero-order valence-corrected chi connectivity index (χ0v) is 17.9. The van der Waals surface area contributed by atoms with Crippen LogP contribution < -0.4 is 4.74 Å². The van der Waals surface area contributed by atoms with E-state index in [0.717, 1.165) is 25.9 Å². The van der Waals surface area contributed by atoms with Gasteiger partial charge in [-0.1, -0.05) is 0 Å². The van der Waals surface area contributed by atoms with Crippen molar-refractivity contribution in [3.8, 4) is 5.75 Å². The smallest absolute Gasteiger partial charge is 0.253 e. The van der Waals surface area contributed by atoms with Gasteiger partial charge in [-0.25, -0.2) is 12.8 Å². The number of aryl methyl sites for hydroxylation is 1. The normalized spacial score (nSPS) is 19.8. The topological polar surface area (TPSA) is 66.9 Å². The Balaban J connectivity index is 1.67. The van der Waals surface area contributed by atoms with Gasteiger partial charge in [0.05, 0.1) is 10.9 Å². The molecule has 1 fully saturated rings. The van der Waals surface area contributed by atoms with Crippen LogP contribution in [0, 0.1) is 12.7 Å². The molecule has 1 amide bonds. The SMILES string of the molecule is Cc1cc(S(=O)(=O)N2Cc3cc(C(=O)N4CCCC4)ccc3OC[C@@H]2C)ccc1F. The Labute approximate surface area is 176 Å². The Bertz CT molecular complexity index is 1080. The first-order chi connectivity index (χ1) is 14.3. The lowest BCUT2D eigenvalue weighted by Gasteiger charge is -2.25. The lowest BCUT2D eigenvalue weighted by molar-refractivity contribution is 0.0792. The summed E-state index contributed by atoms with van der Waals surface area (Å²) in [5, 5.41) is 0. The predicted octanol–water partition coefficient (Wildman–Crippen LogP) is 3.34. The molecule has 1 atom stereocenters. The number of hydrogen-bond donors (Lipinski definition) is 0. The molecule has 2 aromatic carbocycles. The maximum atomic E-state index is 13.7. The number of halogens is 1. The van der Waals surface area contributed by atoms with Crippen molar-refractivity contribution in [1.29, 1.82) is 0 Å². The molecule has 2 aliphatic heterocycles. The minimum atomic E-state index is -3.87. The van der Waals surface area contributed by atoms with Gasteiger partial charge in [0.15, 0.2) is 0 Å². The average Bonchev–Trinajstić information content (AvgIpc) is 3.20. The molecule has 0 aliphatic carbocycles. The molecule has 0 unspecified atom stereocenters. The van der Waals surface area contributed by atoms with E-state index in [0.29, 0.717) is 16.9 Å². The second-order valence-corrected chi connectivity index (χ2v) is 9.83. The van der Waals surface area contributed by atoms with E-state index in [9.17, 15) is 17.6 Å². The fourth-order valence-electron chi connectivity index (χ4n) is 3.93. The van der Waals surface area contributed by atoms with Crippen molar-refractivity contribution in [3.05, 3.63) is 58.9 Å². The molecule has 30 heavy (non-hydrogen) atoms. The molecule has 1 saturated heterocycles. The summed E-state index contributed by atoms with van der Waals surface area (Å²) in [7, 11) is -3.87. The van der Waals surface area contributed by atoms with Gasteiger partial charge in [0.25, 0.3) is 5.91 Å². The number of ether oxygens (including phenoxy) is 1. The Hall–Kier alpha value is -2.45. The van der Waals surface area contributed by atoms with Gasteiger partial charge in [0, 0.05) is 30.8 Å². The third-order valence-corrected chi connectivity index (χ3v) is 7.69. The summed E-state index contributed by atoms with van der Waals surface area (Å²) < 4.78 is 47.5. The van der Waals surface area contributed by atoms with Gasteiger partial charge in [-0.3, -0.25) is 4.79 Å². The highest BCUT2D eigenvalue weighted by molar-refractivity contribution is 7.89. The van der Waals surface area contributed by atoms with Crippen LogP contribution in [0.3, 0.4) is 0 Å². The van der Waals surface area contributed by atoms with E-state index in [1.165, 1.54) is 29.4 Å². The Morgan fingerprint density at radius 3 is 2.57 bits per heavy atom. The molecule has 2 heterocycles. The van der Waals surface area contributed by atoms with Crippen molar-refractivity contribution in [2.24, 2.45) is 0 Å². The van der Waals surface area contributed by atoms with Crippen LogP contribution in [0.25, 0.3) is 0 Å². The molecule has 0 saturated carbocycles. The van der Waals surface area contributed by atoms with Crippen LogP contribution in [0.4, 0.5) is 4.39 Å². The van der Waals surface area contributed by atoms with Gasteiger partial charge in [0.1, 0.15) is 18.2 Å². The van der Waals surface area contributed by atoms with Gasteiger partial charge in [-0.15, -0.1) is 0 Å². The molecule has 0 N–H and O–H groups in total. The number of carbonyl (C=O) groups is 1. The number of likely N-dealkylation sites (tertiary alicyclic amines) is 1. The van der Waals surface area contributed by atoms with Gasteiger partial charge in [0.2, 0.25) is 10.0 Å². The maximum absolute atomic E-state index is 13.7. The van der Waals surface area contributed by atoms with Gasteiger partial charge < -0.3 is 9.64 Å². The summed E-state index contributed by atoms with van der Waals surface area (Å²) in [6.07, 6.45) is 2.00. The first kappa shape index (κ1) is 20.8. The molecule has 4 rings (SSSR count). The van der Waals surface area contributed by atoms with Crippen molar-refractivity contribution < 1.29 is 22.3 Å². The molecule has 6 nitrogen and oxygen atoms in total. The maximum Gasteiger partial charge on any atom is 0.253 e. The molecule has 0 bridgehead atoms. The molecule has 8 heteroatoms. The zero-order chi connectivity index (χ0) is 21.5. The highest BCUT2D eigenvalue weighted by Gasteiger charge is 2.33. The van der Waals surface area contributed by atoms with Crippen LogP contribution in [0.2, 0.25) is 0 Å². The summed E-state index contributed by atoms with van der Waals surface area (Å²) in [6.45, 7) is 5.06. The summed E-state index contributed by atoms with van der Waals surface area (Å²) >= 11 is 0. The number of carbonyl (C=O) groups excluding carboxylic acids is 1. The molecule has 160 valence electrons. The van der Waals surface area contributed by atoms with E-state index >= 15 is 0 Å². The lowest BCUT2D eigenvalue weighted by atomic mass is 10.1. The van der Waals surface area contributed by atoms with E-state index in [1.807, 2.05) is 4.90 Å². The highest BCUT2D eigenvalue weighted by Crippen LogP contribution is 2.31. The molecule has 0 spiro atoms. The van der Waals surface area contributed by atoms with E-state index in [1.54, 1.807) is 25.1 Å². The Morgan fingerprint density at radius 2 is 1.87 bits per heavy atom. The van der Waals surface area contributed by atoms with Crippen LogP contribution in [0.1, 0.15) is 41.3 Å². The van der Waals surface area contributed by atoms with Crippen LogP contribution in [-0.4, -0.2) is 49.3 Å². The van der Waals surface area contributed by atoms with Gasteiger partial charge in [-0.2, -0.15) is 4.31 Å². The van der Waals surface area contributed by atoms with Crippen LogP contribution in [-0.2, 0) is 16.6 Å². The van der Waals surface area contributed by atoms with Crippen molar-refractivity contribution in [2.75, 3.05) is 19.7 Å². The Kier molecular flexibility index (Phi) is 5.55. The molecule has 0 aromatic heterocycles. The van der Waals surface area contributed by atoms with Crippen LogP contribution in [0.15, 0.2) is 41.3 Å². The quantitative estimate of drug-likeness (QED) is 0.746. The van der Waals surface area contributed by atoms with Gasteiger partial charge in [-0.05, 0) is 68.7 Å². The fraction of sp³-hybridized carbons (Fsp3) is 0.409. The number of hydrogen-bond acceptors (Lipinski definition) is 4. The third kappa shape index (κ3) is 3.81. The first-order valence-corrected chi connectivity index (χ1v) is 11.5. The van der Waals surface area contributed by atoms with Crippen molar-refractivity contribution in [1.82, 2.24) is 9.21 Å². The van der Waals surface area contributed by atoms with E-state index < -0.39 is 21.9 Å². The molecule has 2 aromatic rings. The number of sulfonamides is 1. The van der Waals surface area contributed by atoms with Gasteiger partial charge >= 0.3 is 0 Å². The number of benzene rings is 2. The zero-order valence-electron chi connectivity index (χ0n) is 17.1. The molecule has 2 aliphatic rings. The number of fused-ring (bicyclic) bond motifs is 1. The summed E-state index contributed by atoms with van der Waals surface area (Å²) in [6, 6.07) is 8.57. The summed E-state index contributed by atoms with van der Waals surface area (Å²) in [4.78, 5) is 14.6. The van der Waals surface area contributed by atoms with Crippen molar-refractivity contribution in [3.63, 3.8) is 0 Å². The van der Waals surface area contributed by atoms with E-state index in [4.69, 9.17) is 4.74 Å². The monoisotopic (exact) mass is 432 g/mol. The first-order valence-electron chi connectivity index (χ1n) is 10.1. The van der Waals surface area contributed by atoms with Crippen molar-refractivity contribution in [2.45, 2.75) is 44.2 Å². The highest BCUT2D eigenvalue weighted by atomic mass is 32.2. The molecular weight excluding hydrogens is 407 g/mol. The van der Waals surface area contributed by atoms with Crippen LogP contribution >= 0.6 is 0 Å². The van der Waals surface area contributed by atoms with E-state index in [2.05, 4.69) is 0 Å². The summed E-state index contributed by atoms with van der Waals surface area (Å²) in [5.41, 5.74) is 1.45. The number of rotatable bonds is 3. The standard InChI is InChI=1S/C22H25FN2O4S/c1-15-11-19(6-7-20(15)23)30(27,28)25-13-18-12-17(22(26)24-9-3-4-10-24)5-8-21(18)29-14-16(25)2/h5-8,11-12,16H,3-4,9-10,13-14H2,1-2H3/t16-/m0/s1. The largest absolute Gasteiger partial charge is 0.492 e. The third-order valence-electron chi connectivity index (χ3n) is 5.73. The van der Waals surface area contributed by atoms with Crippen LogP contribution in [0.5, 0.6) is 5.75 Å². The molecule has 0 radical (unpaired) electrons. The summed E-state index contributed by atoms with van der Waals surface area (Å²) in [5.74, 6) is 0.0839.